The Bertz CT molecular complexity index is 1130. The smallest absolute Gasteiger partial charge is 0.340 e. The van der Waals surface area contributed by atoms with Gasteiger partial charge in [-0.1, -0.05) is 37.3 Å². The molecular formula is C24H23FN2O4. The Morgan fingerprint density at radius 1 is 1.03 bits per heavy atom. The number of esters is 1. The average molecular weight is 422 g/mol. The van der Waals surface area contributed by atoms with Crippen molar-refractivity contribution in [1.82, 2.24) is 4.98 Å². The van der Waals surface area contributed by atoms with Gasteiger partial charge in [0.05, 0.1) is 12.2 Å². The normalized spacial score (nSPS) is 10.6. The van der Waals surface area contributed by atoms with E-state index in [4.69, 9.17) is 4.74 Å². The molecule has 1 amide bonds. The van der Waals surface area contributed by atoms with Crippen LogP contribution in [0.2, 0.25) is 0 Å². The first-order valence-electron chi connectivity index (χ1n) is 9.96. The zero-order valence-electron chi connectivity index (χ0n) is 17.5. The second kappa shape index (κ2) is 9.38. The van der Waals surface area contributed by atoms with Crippen LogP contribution in [0.5, 0.6) is 0 Å². The van der Waals surface area contributed by atoms with E-state index in [1.165, 1.54) is 24.3 Å². The van der Waals surface area contributed by atoms with Gasteiger partial charge >= 0.3 is 5.97 Å². The minimum absolute atomic E-state index is 0.0568. The highest BCUT2D eigenvalue weighted by Gasteiger charge is 2.30. The molecule has 0 bridgehead atoms. The van der Waals surface area contributed by atoms with E-state index in [1.54, 1.807) is 26.0 Å². The topological polar surface area (TPSA) is 88.3 Å². The molecule has 0 radical (unpaired) electrons. The Labute approximate surface area is 179 Å². The third-order valence-corrected chi connectivity index (χ3v) is 4.88. The highest BCUT2D eigenvalue weighted by atomic mass is 19.1. The second-order valence-electron chi connectivity index (χ2n) is 6.90. The van der Waals surface area contributed by atoms with Gasteiger partial charge in [0.15, 0.2) is 0 Å². The summed E-state index contributed by atoms with van der Waals surface area (Å²) in [6, 6.07) is 12.5. The Kier molecular flexibility index (Phi) is 6.65. The predicted molar refractivity (Wildman–Crippen MR) is 116 cm³/mol. The van der Waals surface area contributed by atoms with Crippen molar-refractivity contribution in [3.05, 3.63) is 76.9 Å². The third kappa shape index (κ3) is 4.55. The first-order chi connectivity index (χ1) is 14.9. The van der Waals surface area contributed by atoms with Crippen LogP contribution in [-0.2, 0) is 16.0 Å². The van der Waals surface area contributed by atoms with Crippen LogP contribution in [0.25, 0.3) is 11.1 Å². The van der Waals surface area contributed by atoms with E-state index in [-0.39, 0.29) is 23.4 Å². The van der Waals surface area contributed by atoms with Crippen LogP contribution in [0.4, 0.5) is 10.1 Å². The maximum Gasteiger partial charge on any atom is 0.340 e. The van der Waals surface area contributed by atoms with Crippen molar-refractivity contribution in [2.75, 3.05) is 11.9 Å². The molecule has 0 aliphatic carbocycles. The molecule has 7 heteroatoms. The number of anilines is 1. The predicted octanol–water partition coefficient (Wildman–Crippen LogP) is 4.69. The van der Waals surface area contributed by atoms with Gasteiger partial charge in [-0.25, -0.2) is 9.18 Å². The molecule has 0 fully saturated rings. The number of carbonyl (C=O) groups excluding carboxylic acids is 3. The van der Waals surface area contributed by atoms with E-state index in [0.717, 1.165) is 5.56 Å². The molecule has 0 atom stereocenters. The van der Waals surface area contributed by atoms with Crippen LogP contribution in [-0.4, -0.2) is 29.3 Å². The van der Waals surface area contributed by atoms with Crippen LogP contribution in [0.15, 0.2) is 48.5 Å². The number of hydrogen-bond donors (Lipinski definition) is 2. The van der Waals surface area contributed by atoms with E-state index < -0.39 is 23.5 Å². The number of aromatic nitrogens is 1. The Balaban J connectivity index is 2.06. The molecule has 0 aliphatic rings. The van der Waals surface area contributed by atoms with Gasteiger partial charge in [-0.3, -0.25) is 9.59 Å². The molecule has 0 unspecified atom stereocenters. The van der Waals surface area contributed by atoms with Crippen molar-refractivity contribution in [3.63, 3.8) is 0 Å². The van der Waals surface area contributed by atoms with Crippen LogP contribution >= 0.6 is 0 Å². The maximum atomic E-state index is 13.5. The third-order valence-electron chi connectivity index (χ3n) is 4.88. The lowest BCUT2D eigenvalue weighted by atomic mass is 9.98. The number of carbonyl (C=O) groups is 3. The number of ketones is 1. The number of halogens is 1. The fourth-order valence-electron chi connectivity index (χ4n) is 3.40. The summed E-state index contributed by atoms with van der Waals surface area (Å²) < 4.78 is 18.6. The van der Waals surface area contributed by atoms with Crippen LogP contribution < -0.4 is 5.32 Å². The maximum absolute atomic E-state index is 13.5. The molecule has 0 aliphatic heterocycles. The number of Topliss-reactive ketones (excluding diaryl/α,β-unsaturated/α-hetero) is 1. The van der Waals surface area contributed by atoms with Crippen LogP contribution in [0.1, 0.15) is 46.0 Å². The first-order valence-corrected chi connectivity index (χ1v) is 9.96. The molecule has 6 nitrogen and oxygen atoms in total. The molecule has 0 saturated carbocycles. The summed E-state index contributed by atoms with van der Waals surface area (Å²) in [5, 5.41) is 2.65. The number of rotatable bonds is 7. The second-order valence-corrected chi connectivity index (χ2v) is 6.90. The molecule has 3 aromatic rings. The van der Waals surface area contributed by atoms with Crippen molar-refractivity contribution >= 4 is 23.3 Å². The molecule has 1 aromatic heterocycles. The van der Waals surface area contributed by atoms with Gasteiger partial charge < -0.3 is 15.0 Å². The molecule has 0 saturated heterocycles. The van der Waals surface area contributed by atoms with Crippen molar-refractivity contribution in [2.24, 2.45) is 0 Å². The zero-order valence-corrected chi connectivity index (χ0v) is 17.5. The summed E-state index contributed by atoms with van der Waals surface area (Å²) in [4.78, 5) is 41.3. The van der Waals surface area contributed by atoms with Crippen molar-refractivity contribution in [2.45, 2.75) is 27.2 Å². The minimum Gasteiger partial charge on any atom is -0.462 e. The lowest BCUT2D eigenvalue weighted by Crippen LogP contribution is -2.24. The summed E-state index contributed by atoms with van der Waals surface area (Å²) in [6.07, 6.45) is 0.681. The molecule has 31 heavy (non-hydrogen) atoms. The molecule has 1 heterocycles. The Morgan fingerprint density at radius 2 is 1.71 bits per heavy atom. The van der Waals surface area contributed by atoms with Gasteiger partial charge in [-0.2, -0.15) is 0 Å². The highest BCUT2D eigenvalue weighted by molar-refractivity contribution is 6.47. The number of ether oxygens (including phenoxy) is 1. The molecule has 3 rings (SSSR count). The number of H-pyrrole nitrogens is 1. The van der Waals surface area contributed by atoms with Crippen molar-refractivity contribution in [1.29, 1.82) is 0 Å². The number of aryl methyl sites for hydroxylation is 2. The number of para-hydroxylation sites is 1. The van der Waals surface area contributed by atoms with Crippen LogP contribution in [0, 0.1) is 12.7 Å². The number of amides is 1. The summed E-state index contributed by atoms with van der Waals surface area (Å²) in [6.45, 7) is 5.37. The fourth-order valence-corrected chi connectivity index (χ4v) is 3.40. The summed E-state index contributed by atoms with van der Waals surface area (Å²) in [5.74, 6) is -2.79. The Morgan fingerprint density at radius 3 is 2.35 bits per heavy atom. The first kappa shape index (κ1) is 22.0. The van der Waals surface area contributed by atoms with Gasteiger partial charge in [0.2, 0.25) is 0 Å². The van der Waals surface area contributed by atoms with E-state index >= 15 is 0 Å². The number of benzene rings is 2. The molecule has 2 aromatic carbocycles. The van der Waals surface area contributed by atoms with Gasteiger partial charge in [0.1, 0.15) is 11.5 Å². The van der Waals surface area contributed by atoms with Crippen molar-refractivity contribution in [3.8, 4) is 11.1 Å². The van der Waals surface area contributed by atoms with Crippen LogP contribution in [0.3, 0.4) is 0 Å². The lowest BCUT2D eigenvalue weighted by molar-refractivity contribution is -0.112. The average Bonchev–Trinajstić information content (AvgIpc) is 3.11. The quantitative estimate of drug-likeness (QED) is 0.328. The number of aromatic amines is 1. The zero-order chi connectivity index (χ0) is 22.5. The molecular weight excluding hydrogens is 399 g/mol. The summed E-state index contributed by atoms with van der Waals surface area (Å²) >= 11 is 0. The van der Waals surface area contributed by atoms with Crippen molar-refractivity contribution < 1.29 is 23.5 Å². The summed E-state index contributed by atoms with van der Waals surface area (Å²) in [7, 11) is 0. The molecule has 160 valence electrons. The lowest BCUT2D eigenvalue weighted by Gasteiger charge is -2.10. The largest absolute Gasteiger partial charge is 0.462 e. The van der Waals surface area contributed by atoms with Gasteiger partial charge in [-0.05, 0) is 49.6 Å². The monoisotopic (exact) mass is 422 g/mol. The molecule has 0 spiro atoms. The highest BCUT2D eigenvalue weighted by Crippen LogP contribution is 2.32. The van der Waals surface area contributed by atoms with Gasteiger partial charge in [0.25, 0.3) is 11.7 Å². The van der Waals surface area contributed by atoms with E-state index in [0.29, 0.717) is 23.4 Å². The number of nitrogens with one attached hydrogen (secondary N) is 2. The number of hydrogen-bond acceptors (Lipinski definition) is 4. The van der Waals surface area contributed by atoms with E-state index in [9.17, 15) is 18.8 Å². The SMILES string of the molecule is CCOC(=O)c1c(C)[nH]c(C(=O)C(=O)Nc2ccccc2CC)c1-c1ccc(F)cc1. The standard InChI is InChI=1S/C24H23FN2O4/c1-4-15-8-6-7-9-18(15)27-23(29)22(28)21-20(16-10-12-17(25)13-11-16)19(14(3)26-21)24(30)31-5-2/h6-13,26H,4-5H2,1-3H3,(H,27,29). The summed E-state index contributed by atoms with van der Waals surface area (Å²) in [5.41, 5.74) is 2.51. The minimum atomic E-state index is -0.846. The van der Waals surface area contributed by atoms with E-state index in [1.807, 2.05) is 19.1 Å². The Hall–Kier alpha value is -3.74. The van der Waals surface area contributed by atoms with Gasteiger partial charge in [0, 0.05) is 16.9 Å². The molecule has 2 N–H and O–H groups in total. The van der Waals surface area contributed by atoms with Gasteiger partial charge in [-0.15, -0.1) is 0 Å². The van der Waals surface area contributed by atoms with E-state index in [2.05, 4.69) is 10.3 Å². The fraction of sp³-hybridized carbons (Fsp3) is 0.208.